The number of carbonyl (C=O) groups excluding carboxylic acids is 1. The van der Waals surface area contributed by atoms with Crippen LogP contribution >= 0.6 is 39.5 Å². The first-order chi connectivity index (χ1) is 11.6. The van der Waals surface area contributed by atoms with Crippen molar-refractivity contribution in [2.45, 2.75) is 6.54 Å². The van der Waals surface area contributed by atoms with Gasteiger partial charge < -0.3 is 9.73 Å². The van der Waals surface area contributed by atoms with Crippen molar-refractivity contribution in [3.63, 3.8) is 0 Å². The molecule has 0 saturated heterocycles. The average molecular weight is 421 g/mol. The maximum absolute atomic E-state index is 11.9. The minimum Gasteiger partial charge on any atom is -0.459 e. The van der Waals surface area contributed by atoms with Crippen LogP contribution in [0.2, 0.25) is 0 Å². The Balaban J connectivity index is 1.54. The second-order valence-corrected chi connectivity index (χ2v) is 7.16. The van der Waals surface area contributed by atoms with E-state index in [2.05, 4.69) is 26.6 Å². The SMILES string of the molecule is O=C(NC(=S)NCc1ccc(-c2ccc(Br)cc2)o1)c1cccs1. The van der Waals surface area contributed by atoms with Crippen LogP contribution in [0.1, 0.15) is 15.4 Å². The highest BCUT2D eigenvalue weighted by atomic mass is 79.9. The highest BCUT2D eigenvalue weighted by Gasteiger charge is 2.09. The number of hydrogen-bond donors (Lipinski definition) is 2. The number of thiophene rings is 1. The molecule has 3 rings (SSSR count). The van der Waals surface area contributed by atoms with Gasteiger partial charge in [-0.3, -0.25) is 10.1 Å². The van der Waals surface area contributed by atoms with Crippen molar-refractivity contribution in [3.8, 4) is 11.3 Å². The highest BCUT2D eigenvalue weighted by molar-refractivity contribution is 9.10. The molecule has 3 aromatic rings. The lowest BCUT2D eigenvalue weighted by Gasteiger charge is -2.07. The number of hydrogen-bond acceptors (Lipinski definition) is 4. The van der Waals surface area contributed by atoms with Gasteiger partial charge in [-0.2, -0.15) is 0 Å². The van der Waals surface area contributed by atoms with Crippen molar-refractivity contribution in [2.75, 3.05) is 0 Å². The predicted molar refractivity (Wildman–Crippen MR) is 103 cm³/mol. The van der Waals surface area contributed by atoms with Crippen LogP contribution in [0.5, 0.6) is 0 Å². The molecule has 24 heavy (non-hydrogen) atoms. The second-order valence-electron chi connectivity index (χ2n) is 4.89. The number of thiocarbonyl (C=S) groups is 1. The molecular weight excluding hydrogens is 408 g/mol. The van der Waals surface area contributed by atoms with Crippen LogP contribution in [0, 0.1) is 0 Å². The van der Waals surface area contributed by atoms with Gasteiger partial charge in [-0.1, -0.05) is 34.1 Å². The van der Waals surface area contributed by atoms with E-state index in [4.69, 9.17) is 16.6 Å². The fraction of sp³-hybridized carbons (Fsp3) is 0.0588. The summed E-state index contributed by atoms with van der Waals surface area (Å²) in [5, 5.41) is 7.73. The van der Waals surface area contributed by atoms with Crippen molar-refractivity contribution < 1.29 is 9.21 Å². The van der Waals surface area contributed by atoms with Gasteiger partial charge >= 0.3 is 0 Å². The van der Waals surface area contributed by atoms with Crippen LogP contribution in [0.3, 0.4) is 0 Å². The van der Waals surface area contributed by atoms with Crippen LogP contribution in [0.4, 0.5) is 0 Å². The summed E-state index contributed by atoms with van der Waals surface area (Å²) < 4.78 is 6.81. The van der Waals surface area contributed by atoms with Crippen molar-refractivity contribution in [3.05, 3.63) is 69.0 Å². The molecule has 0 atom stereocenters. The molecule has 2 heterocycles. The summed E-state index contributed by atoms with van der Waals surface area (Å²) in [6, 6.07) is 15.2. The Labute approximate surface area is 157 Å². The van der Waals surface area contributed by atoms with Gasteiger partial charge in [-0.25, -0.2) is 0 Å². The van der Waals surface area contributed by atoms with E-state index in [1.54, 1.807) is 6.07 Å². The molecule has 0 bridgehead atoms. The average Bonchev–Trinajstić information content (AvgIpc) is 3.25. The first-order valence-electron chi connectivity index (χ1n) is 7.09. The zero-order chi connectivity index (χ0) is 16.9. The van der Waals surface area contributed by atoms with E-state index in [9.17, 15) is 4.79 Å². The second kappa shape index (κ2) is 7.74. The van der Waals surface area contributed by atoms with Gasteiger partial charge in [0, 0.05) is 10.0 Å². The normalized spacial score (nSPS) is 10.4. The van der Waals surface area contributed by atoms with E-state index >= 15 is 0 Å². The summed E-state index contributed by atoms with van der Waals surface area (Å²) in [6.45, 7) is 0.403. The molecule has 0 fully saturated rings. The number of nitrogens with one attached hydrogen (secondary N) is 2. The molecule has 0 radical (unpaired) electrons. The number of benzene rings is 1. The third kappa shape index (κ3) is 4.31. The smallest absolute Gasteiger partial charge is 0.267 e. The quantitative estimate of drug-likeness (QED) is 0.606. The van der Waals surface area contributed by atoms with Gasteiger partial charge in [0.05, 0.1) is 11.4 Å². The first-order valence-corrected chi connectivity index (χ1v) is 9.17. The molecule has 0 aliphatic carbocycles. The highest BCUT2D eigenvalue weighted by Crippen LogP contribution is 2.23. The molecule has 4 nitrogen and oxygen atoms in total. The fourth-order valence-corrected chi connectivity index (χ4v) is 3.07. The number of amides is 1. The number of rotatable bonds is 4. The Morgan fingerprint density at radius 2 is 1.96 bits per heavy atom. The van der Waals surface area contributed by atoms with Gasteiger partial charge in [0.25, 0.3) is 5.91 Å². The fourth-order valence-electron chi connectivity index (χ4n) is 2.03. The largest absolute Gasteiger partial charge is 0.459 e. The number of furan rings is 1. The third-order valence-electron chi connectivity index (χ3n) is 3.19. The van der Waals surface area contributed by atoms with Crippen molar-refractivity contribution in [2.24, 2.45) is 0 Å². The van der Waals surface area contributed by atoms with Crippen molar-refractivity contribution in [1.82, 2.24) is 10.6 Å². The molecule has 0 spiro atoms. The van der Waals surface area contributed by atoms with E-state index in [0.29, 0.717) is 11.4 Å². The maximum Gasteiger partial charge on any atom is 0.267 e. The van der Waals surface area contributed by atoms with E-state index in [0.717, 1.165) is 21.6 Å². The molecule has 2 N–H and O–H groups in total. The molecule has 1 amide bonds. The molecular formula is C17H13BrN2O2S2. The lowest BCUT2D eigenvalue weighted by molar-refractivity contribution is 0.0980. The van der Waals surface area contributed by atoms with E-state index in [-0.39, 0.29) is 11.0 Å². The monoisotopic (exact) mass is 420 g/mol. The number of halogens is 1. The van der Waals surface area contributed by atoms with Gasteiger partial charge in [-0.05, 0) is 47.9 Å². The minimum atomic E-state index is -0.211. The molecule has 0 unspecified atom stereocenters. The lowest BCUT2D eigenvalue weighted by atomic mass is 10.2. The summed E-state index contributed by atoms with van der Waals surface area (Å²) in [5.74, 6) is 1.31. The molecule has 0 aliphatic rings. The third-order valence-corrected chi connectivity index (χ3v) is 4.83. The van der Waals surface area contributed by atoms with E-state index in [1.165, 1.54) is 11.3 Å². The van der Waals surface area contributed by atoms with Crippen molar-refractivity contribution in [1.29, 1.82) is 0 Å². The van der Waals surface area contributed by atoms with Gasteiger partial charge in [0.1, 0.15) is 11.5 Å². The van der Waals surface area contributed by atoms with Crippen molar-refractivity contribution >= 4 is 50.5 Å². The van der Waals surface area contributed by atoms with Crippen LogP contribution in [0.25, 0.3) is 11.3 Å². The molecule has 7 heteroatoms. The Kier molecular flexibility index (Phi) is 5.44. The standard InChI is InChI=1S/C17H13BrN2O2S2/c18-12-5-3-11(4-6-12)14-8-7-13(22-14)10-19-17(23)20-16(21)15-2-1-9-24-15/h1-9H,10H2,(H2,19,20,21,23). The van der Waals surface area contributed by atoms with Crippen LogP contribution in [-0.2, 0) is 6.54 Å². The molecule has 2 aromatic heterocycles. The Bertz CT molecular complexity index is 842. The Morgan fingerprint density at radius 3 is 2.67 bits per heavy atom. The van der Waals surface area contributed by atoms with E-state index < -0.39 is 0 Å². The van der Waals surface area contributed by atoms with Gasteiger partial charge in [-0.15, -0.1) is 11.3 Å². The van der Waals surface area contributed by atoms with Crippen LogP contribution in [-0.4, -0.2) is 11.0 Å². The topological polar surface area (TPSA) is 54.3 Å². The Morgan fingerprint density at radius 1 is 1.17 bits per heavy atom. The first kappa shape index (κ1) is 16.9. The summed E-state index contributed by atoms with van der Waals surface area (Å²) >= 11 is 9.91. The van der Waals surface area contributed by atoms with E-state index in [1.807, 2.05) is 47.8 Å². The molecule has 0 saturated carbocycles. The summed E-state index contributed by atoms with van der Waals surface area (Å²) in [7, 11) is 0. The predicted octanol–water partition coefficient (Wildman–Crippen LogP) is 4.58. The molecule has 0 aliphatic heterocycles. The zero-order valence-corrected chi connectivity index (χ0v) is 15.6. The summed E-state index contributed by atoms with van der Waals surface area (Å²) in [5.41, 5.74) is 0.998. The lowest BCUT2D eigenvalue weighted by Crippen LogP contribution is -2.38. The zero-order valence-electron chi connectivity index (χ0n) is 12.4. The molecule has 1 aromatic carbocycles. The van der Waals surface area contributed by atoms with Crippen LogP contribution < -0.4 is 10.6 Å². The maximum atomic E-state index is 11.9. The van der Waals surface area contributed by atoms with Crippen LogP contribution in [0.15, 0.2) is 62.8 Å². The summed E-state index contributed by atoms with van der Waals surface area (Å²) in [4.78, 5) is 12.5. The van der Waals surface area contributed by atoms with Gasteiger partial charge in [0.2, 0.25) is 0 Å². The molecule has 122 valence electrons. The summed E-state index contributed by atoms with van der Waals surface area (Å²) in [6.07, 6.45) is 0. The minimum absolute atomic E-state index is 0.211. The Hall–Kier alpha value is -1.96. The van der Waals surface area contributed by atoms with Gasteiger partial charge in [0.15, 0.2) is 5.11 Å². The number of carbonyl (C=O) groups is 1.